The van der Waals surface area contributed by atoms with Crippen molar-refractivity contribution in [3.8, 4) is 5.75 Å². The molecule has 2 aromatic carbocycles. The first kappa shape index (κ1) is 26.8. The van der Waals surface area contributed by atoms with Gasteiger partial charge in [-0.3, -0.25) is 0 Å². The van der Waals surface area contributed by atoms with Crippen LogP contribution in [0.25, 0.3) is 0 Å². The number of nitrogens with one attached hydrogen (secondary N) is 1. The molecular weight excluding hydrogens is 485 g/mol. The van der Waals surface area contributed by atoms with Gasteiger partial charge in [-0.25, -0.2) is 9.59 Å². The van der Waals surface area contributed by atoms with Crippen molar-refractivity contribution < 1.29 is 32.6 Å². The molecule has 1 fully saturated rings. The van der Waals surface area contributed by atoms with E-state index in [2.05, 4.69) is 30.8 Å². The summed E-state index contributed by atoms with van der Waals surface area (Å²) < 4.78 is 41.4. The molecule has 1 atom stereocenters. The fourth-order valence-electron chi connectivity index (χ4n) is 5.73. The summed E-state index contributed by atoms with van der Waals surface area (Å²) in [6, 6.07) is 9.65. The Hall–Kier alpha value is -3.23. The first-order chi connectivity index (χ1) is 17.3. The van der Waals surface area contributed by atoms with Crippen LogP contribution in [-0.4, -0.2) is 34.4 Å². The molecule has 4 rings (SSSR count). The molecule has 0 aliphatic heterocycles. The third kappa shape index (κ3) is 6.37. The summed E-state index contributed by atoms with van der Waals surface area (Å²) in [7, 11) is 0. The molecule has 0 radical (unpaired) electrons. The molecule has 0 aromatic heterocycles. The SMILES string of the molecule is CC(C)(C)C1CCC(N(C(=O)Nc2ccc(OC(F)(F)F)cc2)C2CCc3cc(C(=O)O)ccc32)CC1. The Kier molecular flexibility index (Phi) is 7.44. The van der Waals surface area contributed by atoms with Crippen molar-refractivity contribution in [1.82, 2.24) is 4.90 Å². The van der Waals surface area contributed by atoms with E-state index in [4.69, 9.17) is 0 Å². The first-order valence-electron chi connectivity index (χ1n) is 12.6. The maximum Gasteiger partial charge on any atom is 0.573 e. The zero-order chi connectivity index (χ0) is 27.0. The van der Waals surface area contributed by atoms with Crippen LogP contribution >= 0.6 is 0 Å². The van der Waals surface area contributed by atoms with E-state index >= 15 is 0 Å². The van der Waals surface area contributed by atoms with Gasteiger partial charge in [-0.05, 0) is 97.4 Å². The van der Waals surface area contributed by atoms with Crippen LogP contribution in [-0.2, 0) is 6.42 Å². The number of anilines is 1. The molecule has 1 unspecified atom stereocenters. The topological polar surface area (TPSA) is 78.9 Å². The van der Waals surface area contributed by atoms with E-state index < -0.39 is 12.3 Å². The third-order valence-corrected chi connectivity index (χ3v) is 7.66. The summed E-state index contributed by atoms with van der Waals surface area (Å²) >= 11 is 0. The molecule has 2 aliphatic carbocycles. The number of carboxylic acids is 1. The van der Waals surface area contributed by atoms with Crippen LogP contribution < -0.4 is 10.1 Å². The van der Waals surface area contributed by atoms with Crippen LogP contribution in [0.1, 0.15) is 80.4 Å². The number of hydrogen-bond acceptors (Lipinski definition) is 3. The maximum absolute atomic E-state index is 13.7. The van der Waals surface area contributed by atoms with Crippen LogP contribution in [0.4, 0.5) is 23.7 Å². The lowest BCUT2D eigenvalue weighted by atomic mass is 9.71. The average molecular weight is 519 g/mol. The Bertz CT molecular complexity index is 1130. The van der Waals surface area contributed by atoms with Gasteiger partial charge in [0.05, 0.1) is 11.6 Å². The van der Waals surface area contributed by atoms with Crippen molar-refractivity contribution in [2.75, 3.05) is 5.32 Å². The molecule has 2 N–H and O–H groups in total. The van der Waals surface area contributed by atoms with Crippen LogP contribution in [0.2, 0.25) is 0 Å². The molecule has 2 amide bonds. The highest BCUT2D eigenvalue weighted by Gasteiger charge is 2.39. The van der Waals surface area contributed by atoms with Crippen molar-refractivity contribution in [3.05, 3.63) is 59.2 Å². The number of aryl methyl sites for hydroxylation is 1. The number of carbonyl (C=O) groups excluding carboxylic acids is 1. The summed E-state index contributed by atoms with van der Waals surface area (Å²) in [5.74, 6) is -0.787. The standard InChI is InChI=1S/C28H33F3N2O4/c1-27(2,3)19-6-10-21(11-7-19)33(24-15-5-17-16-18(25(34)35)4-14-23(17)24)26(36)32-20-8-12-22(13-9-20)37-28(29,30)31/h4,8-9,12-14,16,19,21,24H,5-7,10-11,15H2,1-3H3,(H,32,36)(H,34,35). The van der Waals surface area contributed by atoms with Gasteiger partial charge in [0.15, 0.2) is 0 Å². The van der Waals surface area contributed by atoms with Crippen LogP contribution in [0, 0.1) is 11.3 Å². The Morgan fingerprint density at radius 1 is 0.973 bits per heavy atom. The fraction of sp³-hybridized carbons (Fsp3) is 0.500. The second-order valence-corrected chi connectivity index (χ2v) is 11.1. The molecule has 0 heterocycles. The van der Waals surface area contributed by atoms with E-state index in [1.165, 1.54) is 24.3 Å². The molecular formula is C28H33F3N2O4. The first-order valence-corrected chi connectivity index (χ1v) is 12.6. The number of fused-ring (bicyclic) bond motifs is 1. The monoisotopic (exact) mass is 518 g/mol. The summed E-state index contributed by atoms with van der Waals surface area (Å²) in [4.78, 5) is 27.0. The average Bonchev–Trinajstić information content (AvgIpc) is 3.22. The van der Waals surface area contributed by atoms with Gasteiger partial charge >= 0.3 is 18.4 Å². The molecule has 200 valence electrons. The van der Waals surface area contributed by atoms with Crippen molar-refractivity contribution in [3.63, 3.8) is 0 Å². The van der Waals surface area contributed by atoms with Gasteiger partial charge in [-0.2, -0.15) is 0 Å². The second-order valence-electron chi connectivity index (χ2n) is 11.1. The van der Waals surface area contributed by atoms with E-state index in [0.717, 1.165) is 36.8 Å². The Morgan fingerprint density at radius 2 is 1.62 bits per heavy atom. The minimum atomic E-state index is -4.79. The normalized spacial score (nSPS) is 21.7. The summed E-state index contributed by atoms with van der Waals surface area (Å²) in [6.07, 6.45) is 0.274. The molecule has 6 nitrogen and oxygen atoms in total. The van der Waals surface area contributed by atoms with E-state index in [1.54, 1.807) is 18.2 Å². The molecule has 0 bridgehead atoms. The van der Waals surface area contributed by atoms with Gasteiger partial charge in [-0.1, -0.05) is 26.8 Å². The number of ether oxygens (including phenoxy) is 1. The van der Waals surface area contributed by atoms with Crippen LogP contribution in [0.15, 0.2) is 42.5 Å². The number of benzene rings is 2. The van der Waals surface area contributed by atoms with E-state index in [0.29, 0.717) is 24.4 Å². The van der Waals surface area contributed by atoms with Gasteiger partial charge in [0.25, 0.3) is 0 Å². The smallest absolute Gasteiger partial charge is 0.478 e. The van der Waals surface area contributed by atoms with E-state index in [9.17, 15) is 27.9 Å². The summed E-state index contributed by atoms with van der Waals surface area (Å²) in [5.41, 5.74) is 2.66. The van der Waals surface area contributed by atoms with Crippen molar-refractivity contribution >= 4 is 17.7 Å². The predicted molar refractivity (Wildman–Crippen MR) is 134 cm³/mol. The fourth-order valence-corrected chi connectivity index (χ4v) is 5.73. The molecule has 1 saturated carbocycles. The molecule has 37 heavy (non-hydrogen) atoms. The zero-order valence-electron chi connectivity index (χ0n) is 21.3. The zero-order valence-corrected chi connectivity index (χ0v) is 21.3. The number of hydrogen-bond donors (Lipinski definition) is 2. The third-order valence-electron chi connectivity index (χ3n) is 7.66. The Labute approximate surface area is 214 Å². The Balaban J connectivity index is 1.57. The van der Waals surface area contributed by atoms with Crippen molar-refractivity contribution in [1.29, 1.82) is 0 Å². The maximum atomic E-state index is 13.7. The number of carbonyl (C=O) groups is 2. The van der Waals surface area contributed by atoms with Crippen molar-refractivity contribution in [2.45, 2.75) is 77.7 Å². The second kappa shape index (κ2) is 10.3. The highest BCUT2D eigenvalue weighted by atomic mass is 19.4. The van der Waals surface area contributed by atoms with E-state index in [1.807, 2.05) is 4.90 Å². The number of aromatic carboxylic acids is 1. The minimum absolute atomic E-state index is 0.00142. The van der Waals surface area contributed by atoms with Gasteiger partial charge in [0.1, 0.15) is 5.75 Å². The number of amides is 2. The largest absolute Gasteiger partial charge is 0.573 e. The van der Waals surface area contributed by atoms with Gasteiger partial charge in [-0.15, -0.1) is 13.2 Å². The lowest BCUT2D eigenvalue weighted by Gasteiger charge is -2.43. The van der Waals surface area contributed by atoms with Crippen LogP contribution in [0.5, 0.6) is 5.75 Å². The quantitative estimate of drug-likeness (QED) is 0.432. The lowest BCUT2D eigenvalue weighted by molar-refractivity contribution is -0.274. The highest BCUT2D eigenvalue weighted by molar-refractivity contribution is 5.90. The minimum Gasteiger partial charge on any atom is -0.478 e. The highest BCUT2D eigenvalue weighted by Crippen LogP contribution is 2.44. The van der Waals surface area contributed by atoms with Crippen LogP contribution in [0.3, 0.4) is 0 Å². The number of carboxylic acid groups (broad SMARTS) is 1. The van der Waals surface area contributed by atoms with Gasteiger partial charge in [0.2, 0.25) is 0 Å². The molecule has 9 heteroatoms. The molecule has 2 aromatic rings. The number of urea groups is 1. The Morgan fingerprint density at radius 3 is 2.19 bits per heavy atom. The molecule has 0 saturated heterocycles. The lowest BCUT2D eigenvalue weighted by Crippen LogP contribution is -2.47. The predicted octanol–water partition coefficient (Wildman–Crippen LogP) is 7.41. The summed E-state index contributed by atoms with van der Waals surface area (Å²) in [6.45, 7) is 6.71. The summed E-state index contributed by atoms with van der Waals surface area (Å²) in [5, 5.41) is 12.2. The number of rotatable bonds is 5. The van der Waals surface area contributed by atoms with Gasteiger partial charge in [0, 0.05) is 11.7 Å². The number of alkyl halides is 3. The van der Waals surface area contributed by atoms with Gasteiger partial charge < -0.3 is 20.1 Å². The number of nitrogens with zero attached hydrogens (tertiary/aromatic N) is 1. The van der Waals surface area contributed by atoms with Crippen molar-refractivity contribution in [2.24, 2.45) is 11.3 Å². The number of halogens is 3. The molecule has 0 spiro atoms. The van der Waals surface area contributed by atoms with E-state index in [-0.39, 0.29) is 34.8 Å². The molecule has 2 aliphatic rings.